The standard InChI is InChI=1S/C22H33F9/c1-2-3-4-15-5-9-17(10-6-15)18-11-7-16(8-12-18)13-14-19(23,24)20(25,26)21(27,28)22(29,30)31/h15-18H,2-14H2,1H3/t15-,16-,17-,18-. The zero-order valence-corrected chi connectivity index (χ0v) is 17.9. The lowest BCUT2D eigenvalue weighted by molar-refractivity contribution is -0.397. The van der Waals surface area contributed by atoms with Crippen LogP contribution in [0.25, 0.3) is 0 Å². The van der Waals surface area contributed by atoms with E-state index in [4.69, 9.17) is 0 Å². The van der Waals surface area contributed by atoms with Crippen LogP contribution in [0.3, 0.4) is 0 Å². The maximum atomic E-state index is 13.7. The average Bonchev–Trinajstić information content (AvgIpc) is 2.70. The summed E-state index contributed by atoms with van der Waals surface area (Å²) < 4.78 is 117. The van der Waals surface area contributed by atoms with E-state index in [1.165, 1.54) is 32.1 Å². The second-order valence-corrected chi connectivity index (χ2v) is 9.59. The van der Waals surface area contributed by atoms with Gasteiger partial charge in [0.05, 0.1) is 0 Å². The summed E-state index contributed by atoms with van der Waals surface area (Å²) in [7, 11) is 0. The summed E-state index contributed by atoms with van der Waals surface area (Å²) in [6.45, 7) is 2.17. The lowest BCUT2D eigenvalue weighted by atomic mass is 9.68. The number of hydrogen-bond acceptors (Lipinski definition) is 0. The lowest BCUT2D eigenvalue weighted by Crippen LogP contribution is -2.60. The third kappa shape index (κ3) is 6.04. The first-order valence-electron chi connectivity index (χ1n) is 11.4. The summed E-state index contributed by atoms with van der Waals surface area (Å²) in [6, 6.07) is 0. The molecule has 0 heterocycles. The van der Waals surface area contributed by atoms with Crippen molar-refractivity contribution in [2.75, 3.05) is 0 Å². The van der Waals surface area contributed by atoms with Crippen LogP contribution in [-0.2, 0) is 0 Å². The Bertz CT molecular complexity index is 540. The Kier molecular flexibility index (Phi) is 8.68. The van der Waals surface area contributed by atoms with Crippen molar-refractivity contribution in [1.82, 2.24) is 0 Å². The second-order valence-electron chi connectivity index (χ2n) is 9.59. The van der Waals surface area contributed by atoms with Crippen molar-refractivity contribution in [2.45, 2.75) is 114 Å². The predicted octanol–water partition coefficient (Wildman–Crippen LogP) is 9.04. The Morgan fingerprint density at radius 1 is 0.581 bits per heavy atom. The number of rotatable bonds is 9. The molecular formula is C22H33F9. The normalized spacial score (nSPS) is 29.2. The van der Waals surface area contributed by atoms with Crippen LogP contribution in [0.4, 0.5) is 39.5 Å². The minimum absolute atomic E-state index is 0.349. The smallest absolute Gasteiger partial charge is 0.200 e. The molecule has 2 aliphatic carbocycles. The molecule has 0 aromatic rings. The van der Waals surface area contributed by atoms with Crippen LogP contribution in [0.5, 0.6) is 0 Å². The van der Waals surface area contributed by atoms with Crippen molar-refractivity contribution in [3.63, 3.8) is 0 Å². The maximum Gasteiger partial charge on any atom is 0.460 e. The molecule has 0 spiro atoms. The minimum atomic E-state index is -6.78. The molecule has 2 saturated carbocycles. The van der Waals surface area contributed by atoms with Crippen LogP contribution in [0, 0.1) is 23.7 Å². The Morgan fingerprint density at radius 3 is 1.39 bits per heavy atom. The molecule has 31 heavy (non-hydrogen) atoms. The van der Waals surface area contributed by atoms with Crippen molar-refractivity contribution in [1.29, 1.82) is 0 Å². The minimum Gasteiger partial charge on any atom is -0.200 e. The summed E-state index contributed by atoms with van der Waals surface area (Å²) in [5, 5.41) is 0. The zero-order valence-electron chi connectivity index (χ0n) is 17.9. The quantitative estimate of drug-likeness (QED) is 0.296. The summed E-state index contributed by atoms with van der Waals surface area (Å²) in [5.74, 6) is -17.2. The SMILES string of the molecule is CCCC[C@H]1CC[C@H]([C@H]2CC[C@H](CCC(F)(F)C(F)(F)C(F)(F)C(F)(F)F)CC2)CC1. The van der Waals surface area contributed by atoms with Gasteiger partial charge in [-0.2, -0.15) is 39.5 Å². The van der Waals surface area contributed by atoms with Crippen LogP contribution < -0.4 is 0 Å². The van der Waals surface area contributed by atoms with Crippen molar-refractivity contribution >= 4 is 0 Å². The Hall–Kier alpha value is -0.630. The van der Waals surface area contributed by atoms with Gasteiger partial charge in [-0.05, 0) is 55.8 Å². The van der Waals surface area contributed by atoms with E-state index in [0.29, 0.717) is 24.7 Å². The summed E-state index contributed by atoms with van der Waals surface area (Å²) >= 11 is 0. The molecule has 184 valence electrons. The molecular weight excluding hydrogens is 435 g/mol. The van der Waals surface area contributed by atoms with Gasteiger partial charge in [0.2, 0.25) is 0 Å². The highest BCUT2D eigenvalue weighted by Crippen LogP contribution is 2.55. The number of alkyl halides is 9. The highest BCUT2D eigenvalue weighted by molar-refractivity contribution is 5.00. The van der Waals surface area contributed by atoms with E-state index in [-0.39, 0.29) is 5.92 Å². The van der Waals surface area contributed by atoms with Gasteiger partial charge in [0, 0.05) is 6.42 Å². The van der Waals surface area contributed by atoms with Crippen molar-refractivity contribution in [2.24, 2.45) is 23.7 Å². The third-order valence-corrected chi connectivity index (χ3v) is 7.49. The van der Waals surface area contributed by atoms with Crippen LogP contribution in [0.2, 0.25) is 0 Å². The predicted molar refractivity (Wildman–Crippen MR) is 101 cm³/mol. The monoisotopic (exact) mass is 468 g/mol. The molecule has 2 aliphatic rings. The van der Waals surface area contributed by atoms with Gasteiger partial charge in [-0.3, -0.25) is 0 Å². The molecule has 0 unspecified atom stereocenters. The van der Waals surface area contributed by atoms with Gasteiger partial charge in [0.1, 0.15) is 0 Å². The summed E-state index contributed by atoms with van der Waals surface area (Å²) in [5.41, 5.74) is 0. The Balaban J connectivity index is 1.80. The van der Waals surface area contributed by atoms with E-state index in [2.05, 4.69) is 6.92 Å². The molecule has 0 aromatic carbocycles. The van der Waals surface area contributed by atoms with E-state index >= 15 is 0 Å². The molecule has 0 nitrogen and oxygen atoms in total. The van der Waals surface area contributed by atoms with Crippen LogP contribution in [-0.4, -0.2) is 23.9 Å². The first kappa shape index (κ1) is 26.6. The van der Waals surface area contributed by atoms with E-state index in [1.807, 2.05) is 0 Å². The number of hydrogen-bond donors (Lipinski definition) is 0. The van der Waals surface area contributed by atoms with Gasteiger partial charge in [-0.15, -0.1) is 0 Å². The zero-order chi connectivity index (χ0) is 23.5. The van der Waals surface area contributed by atoms with Gasteiger partial charge in [0.25, 0.3) is 0 Å². The summed E-state index contributed by atoms with van der Waals surface area (Å²) in [6.07, 6.45) is 2.04. The molecule has 0 aliphatic heterocycles. The largest absolute Gasteiger partial charge is 0.460 e. The topological polar surface area (TPSA) is 0 Å². The Labute approximate surface area is 178 Å². The van der Waals surface area contributed by atoms with Crippen LogP contribution >= 0.6 is 0 Å². The average molecular weight is 468 g/mol. The molecule has 0 aromatic heterocycles. The molecule has 0 radical (unpaired) electrons. The lowest BCUT2D eigenvalue weighted by Gasteiger charge is -2.38. The van der Waals surface area contributed by atoms with E-state index in [9.17, 15) is 39.5 Å². The molecule has 0 atom stereocenters. The van der Waals surface area contributed by atoms with Crippen molar-refractivity contribution < 1.29 is 39.5 Å². The van der Waals surface area contributed by atoms with Crippen LogP contribution in [0.1, 0.15) is 90.4 Å². The summed E-state index contributed by atoms with van der Waals surface area (Å²) in [4.78, 5) is 0. The van der Waals surface area contributed by atoms with E-state index in [1.54, 1.807) is 0 Å². The molecule has 9 heteroatoms. The highest BCUT2D eigenvalue weighted by atomic mass is 19.4. The van der Waals surface area contributed by atoms with Gasteiger partial charge in [-0.25, -0.2) is 0 Å². The molecule has 2 rings (SSSR count). The van der Waals surface area contributed by atoms with Gasteiger partial charge in [-0.1, -0.05) is 51.9 Å². The Morgan fingerprint density at radius 2 is 1.00 bits per heavy atom. The molecule has 0 saturated heterocycles. The van der Waals surface area contributed by atoms with E-state index in [0.717, 1.165) is 31.6 Å². The van der Waals surface area contributed by atoms with Gasteiger partial charge >= 0.3 is 23.9 Å². The number of halogens is 9. The maximum absolute atomic E-state index is 13.7. The van der Waals surface area contributed by atoms with Gasteiger partial charge in [0.15, 0.2) is 0 Å². The van der Waals surface area contributed by atoms with E-state index < -0.39 is 36.8 Å². The second kappa shape index (κ2) is 10.1. The van der Waals surface area contributed by atoms with Crippen LogP contribution in [0.15, 0.2) is 0 Å². The molecule has 2 fully saturated rings. The van der Waals surface area contributed by atoms with Gasteiger partial charge < -0.3 is 0 Å². The fraction of sp³-hybridized carbons (Fsp3) is 1.00. The molecule has 0 amide bonds. The highest BCUT2D eigenvalue weighted by Gasteiger charge is 2.81. The first-order valence-corrected chi connectivity index (χ1v) is 11.4. The van der Waals surface area contributed by atoms with Crippen molar-refractivity contribution in [3.8, 4) is 0 Å². The number of unbranched alkanes of at least 4 members (excludes halogenated alkanes) is 1. The fourth-order valence-electron chi connectivity index (χ4n) is 5.34. The first-order chi connectivity index (χ1) is 14.2. The third-order valence-electron chi connectivity index (χ3n) is 7.49. The fourth-order valence-corrected chi connectivity index (χ4v) is 5.34. The molecule has 0 bridgehead atoms. The molecule has 0 N–H and O–H groups in total. The van der Waals surface area contributed by atoms with Crippen molar-refractivity contribution in [3.05, 3.63) is 0 Å².